The summed E-state index contributed by atoms with van der Waals surface area (Å²) in [7, 11) is -3.70. The maximum Gasteiger partial charge on any atom is 0.410 e. The van der Waals surface area contributed by atoms with Crippen LogP contribution < -0.4 is 4.90 Å². The van der Waals surface area contributed by atoms with Gasteiger partial charge in [-0.25, -0.2) is 23.2 Å². The van der Waals surface area contributed by atoms with Crippen LogP contribution in [0.4, 0.5) is 10.5 Å². The van der Waals surface area contributed by atoms with Gasteiger partial charge in [0.05, 0.1) is 44.9 Å². The Kier molecular flexibility index (Phi) is 10.3. The summed E-state index contributed by atoms with van der Waals surface area (Å²) in [6, 6.07) is 42.9. The summed E-state index contributed by atoms with van der Waals surface area (Å²) in [5.74, 6) is -0.233. The molecule has 2 aliphatic rings. The summed E-state index contributed by atoms with van der Waals surface area (Å²) in [6.45, 7) is 6.31. The van der Waals surface area contributed by atoms with E-state index in [1.165, 1.54) is 0 Å². The number of halogens is 1. The Morgan fingerprint density at radius 3 is 1.89 bits per heavy atom. The number of amides is 2. The first kappa shape index (κ1) is 40.1. The van der Waals surface area contributed by atoms with E-state index in [0.717, 1.165) is 22.3 Å². The summed E-state index contributed by atoms with van der Waals surface area (Å²) >= 11 is 6.65. The maximum atomic E-state index is 14.4. The molecule has 2 amide bonds. The molecule has 1 saturated heterocycles. The van der Waals surface area contributed by atoms with Gasteiger partial charge in [-0.15, -0.1) is 0 Å². The lowest BCUT2D eigenvalue weighted by atomic mass is 9.76. The molecule has 2 aliphatic heterocycles. The maximum absolute atomic E-state index is 14.4. The zero-order chi connectivity index (χ0) is 42.5. The SMILES string of the molecule is CC(C)(C)OC(=O)N1CCC(S(=O)(=O)c2ccc(-c3cnc4c(n3)c(N3Cc5cccc(Cl)c5C3=O)cn4C(c3ccccc3)(c3ccccc3)c3ccccc3)cc2)CC1. The number of carbonyl (C=O) groups excluding carboxylic acids is 2. The van der Waals surface area contributed by atoms with E-state index in [4.69, 9.17) is 26.3 Å². The lowest BCUT2D eigenvalue weighted by molar-refractivity contribution is 0.0217. The van der Waals surface area contributed by atoms with E-state index in [0.29, 0.717) is 64.6 Å². The van der Waals surface area contributed by atoms with Crippen LogP contribution in [0.2, 0.25) is 5.02 Å². The number of sulfone groups is 1. The Morgan fingerprint density at radius 2 is 1.34 bits per heavy atom. The number of fused-ring (bicyclic) bond motifs is 2. The number of aromatic nitrogens is 3. The number of ether oxygens (including phenoxy) is 1. The minimum absolute atomic E-state index is 0.198. The summed E-state index contributed by atoms with van der Waals surface area (Å²) in [5, 5.41) is -0.249. The Bertz CT molecular complexity index is 2780. The second kappa shape index (κ2) is 15.6. The van der Waals surface area contributed by atoms with E-state index in [9.17, 15) is 18.0 Å². The third-order valence-electron chi connectivity index (χ3n) is 11.6. The van der Waals surface area contributed by atoms with Crippen LogP contribution in [0.3, 0.4) is 0 Å². The zero-order valence-corrected chi connectivity index (χ0v) is 35.6. The van der Waals surface area contributed by atoms with E-state index in [2.05, 4.69) is 41.0 Å². The van der Waals surface area contributed by atoms with Crippen LogP contribution in [-0.4, -0.2) is 63.8 Å². The molecule has 2 aromatic heterocycles. The minimum Gasteiger partial charge on any atom is -0.444 e. The van der Waals surface area contributed by atoms with Crippen molar-refractivity contribution in [2.75, 3.05) is 18.0 Å². The van der Waals surface area contributed by atoms with Crippen LogP contribution in [-0.2, 0) is 26.7 Å². The van der Waals surface area contributed by atoms with Gasteiger partial charge in [0.15, 0.2) is 15.5 Å². The average Bonchev–Trinajstić information content (AvgIpc) is 3.82. The molecule has 0 radical (unpaired) electrons. The second-order valence-electron chi connectivity index (χ2n) is 16.5. The van der Waals surface area contributed by atoms with Crippen LogP contribution in [0.5, 0.6) is 0 Å². The zero-order valence-electron chi connectivity index (χ0n) is 34.0. The first-order chi connectivity index (χ1) is 29.4. The smallest absolute Gasteiger partial charge is 0.410 e. The number of nitrogens with zero attached hydrogens (tertiary/aromatic N) is 5. The predicted molar refractivity (Wildman–Crippen MR) is 238 cm³/mol. The van der Waals surface area contributed by atoms with Gasteiger partial charge in [-0.05, 0) is 74.1 Å². The highest BCUT2D eigenvalue weighted by Crippen LogP contribution is 2.46. The summed E-state index contributed by atoms with van der Waals surface area (Å²) < 4.78 is 35.4. The molecule has 7 aromatic rings. The van der Waals surface area contributed by atoms with Gasteiger partial charge in [-0.1, -0.05) is 127 Å². The number of anilines is 1. The van der Waals surface area contributed by atoms with Gasteiger partial charge in [0, 0.05) is 24.8 Å². The van der Waals surface area contributed by atoms with Gasteiger partial charge in [-0.3, -0.25) is 4.79 Å². The van der Waals surface area contributed by atoms with Crippen molar-refractivity contribution < 1.29 is 22.7 Å². The fourth-order valence-corrected chi connectivity index (χ4v) is 10.7. The van der Waals surface area contributed by atoms with Crippen molar-refractivity contribution in [2.24, 2.45) is 0 Å². The van der Waals surface area contributed by atoms with Crippen molar-refractivity contribution in [3.8, 4) is 11.3 Å². The van der Waals surface area contributed by atoms with Crippen LogP contribution >= 0.6 is 11.6 Å². The fraction of sp³-hybridized carbons (Fsp3) is 0.224. The molecule has 0 bridgehead atoms. The molecular weight excluding hydrogens is 806 g/mol. The molecule has 12 heteroatoms. The van der Waals surface area contributed by atoms with Crippen molar-refractivity contribution in [1.29, 1.82) is 0 Å². The molecule has 0 N–H and O–H groups in total. The normalized spacial score (nSPS) is 15.0. The van der Waals surface area contributed by atoms with Gasteiger partial charge in [-0.2, -0.15) is 0 Å². The predicted octanol–water partition coefficient (Wildman–Crippen LogP) is 9.93. The Balaban J connectivity index is 1.15. The average molecular weight is 850 g/mol. The fourth-order valence-electron chi connectivity index (χ4n) is 8.72. The highest BCUT2D eigenvalue weighted by Gasteiger charge is 2.42. The second-order valence-corrected chi connectivity index (χ2v) is 19.2. The number of hydrogen-bond donors (Lipinski definition) is 0. The Labute approximate surface area is 360 Å². The van der Waals surface area contributed by atoms with Crippen molar-refractivity contribution in [3.63, 3.8) is 0 Å². The molecule has 61 heavy (non-hydrogen) atoms. The molecule has 0 aliphatic carbocycles. The largest absolute Gasteiger partial charge is 0.444 e. The summed E-state index contributed by atoms with van der Waals surface area (Å²) in [5.41, 5.74) is 5.39. The molecular formula is C49H44ClN5O5S. The summed E-state index contributed by atoms with van der Waals surface area (Å²) in [4.78, 5) is 40.9. The highest BCUT2D eigenvalue weighted by molar-refractivity contribution is 7.92. The highest BCUT2D eigenvalue weighted by atomic mass is 35.5. The van der Waals surface area contributed by atoms with Crippen LogP contribution in [0.1, 0.15) is 66.2 Å². The van der Waals surface area contributed by atoms with Crippen molar-refractivity contribution in [2.45, 2.75) is 61.4 Å². The molecule has 5 aromatic carbocycles. The molecule has 1 fully saturated rings. The van der Waals surface area contributed by atoms with E-state index >= 15 is 0 Å². The minimum atomic E-state index is -3.70. The first-order valence-corrected chi connectivity index (χ1v) is 22.3. The van der Waals surface area contributed by atoms with E-state index in [-0.39, 0.29) is 17.3 Å². The van der Waals surface area contributed by atoms with Gasteiger partial charge in [0.25, 0.3) is 5.91 Å². The van der Waals surface area contributed by atoms with E-state index in [1.807, 2.05) is 93.7 Å². The number of rotatable bonds is 8. The third kappa shape index (κ3) is 7.15. The van der Waals surface area contributed by atoms with Crippen LogP contribution in [0.15, 0.2) is 151 Å². The number of piperidine rings is 1. The van der Waals surface area contributed by atoms with Gasteiger partial charge < -0.3 is 19.1 Å². The van der Waals surface area contributed by atoms with Crippen molar-refractivity contribution in [3.05, 3.63) is 179 Å². The quantitative estimate of drug-likeness (QED) is 0.140. The third-order valence-corrected chi connectivity index (χ3v) is 14.2. The van der Waals surface area contributed by atoms with Crippen molar-refractivity contribution >= 4 is 50.3 Å². The topological polar surface area (TPSA) is 115 Å². The van der Waals surface area contributed by atoms with E-state index in [1.54, 1.807) is 46.3 Å². The lowest BCUT2D eigenvalue weighted by Gasteiger charge is -2.38. The number of carbonyl (C=O) groups is 2. The molecule has 10 nitrogen and oxygen atoms in total. The van der Waals surface area contributed by atoms with Crippen LogP contribution in [0.25, 0.3) is 22.4 Å². The van der Waals surface area contributed by atoms with Gasteiger partial charge in [0.1, 0.15) is 16.7 Å². The van der Waals surface area contributed by atoms with Gasteiger partial charge >= 0.3 is 6.09 Å². The Hall–Kier alpha value is -6.30. The summed E-state index contributed by atoms with van der Waals surface area (Å²) in [6.07, 6.45) is 3.86. The monoisotopic (exact) mass is 849 g/mol. The molecule has 308 valence electrons. The Morgan fingerprint density at radius 1 is 0.770 bits per heavy atom. The molecule has 0 unspecified atom stereocenters. The molecule has 4 heterocycles. The van der Waals surface area contributed by atoms with Crippen molar-refractivity contribution in [1.82, 2.24) is 19.4 Å². The van der Waals surface area contributed by atoms with Gasteiger partial charge in [0.2, 0.25) is 0 Å². The first-order valence-electron chi connectivity index (χ1n) is 20.3. The van der Waals surface area contributed by atoms with E-state index < -0.39 is 32.3 Å². The molecule has 0 saturated carbocycles. The standard InChI is InChI=1S/C49H44ClN5O5S/c1-48(2,3)60-47(57)53-28-26-39(27-29-53)61(58,59)38-24-22-33(23-25-38)41-30-51-45-44(52-41)42(54-31-34-14-13-21-40(50)43(34)46(54)56)32-55(45)49(35-15-7-4-8-16-35,36-17-9-5-10-18-36)37-19-11-6-12-20-37/h4-25,30,32,39H,26-29,31H2,1-3H3. The lowest BCUT2D eigenvalue weighted by Crippen LogP contribution is -2.44. The number of benzene rings is 5. The van der Waals surface area contributed by atoms with Crippen LogP contribution in [0, 0.1) is 0 Å². The molecule has 0 atom stereocenters. The number of hydrogen-bond acceptors (Lipinski definition) is 7. The number of likely N-dealkylation sites (tertiary alicyclic amines) is 1. The molecule has 0 spiro atoms. The molecule has 9 rings (SSSR count).